The van der Waals surface area contributed by atoms with E-state index in [2.05, 4.69) is 21.5 Å². The van der Waals surface area contributed by atoms with Crippen molar-refractivity contribution in [2.45, 2.75) is 69.6 Å². The first-order valence-corrected chi connectivity index (χ1v) is 16.8. The second-order valence-electron chi connectivity index (χ2n) is 12.2. The van der Waals surface area contributed by atoms with E-state index in [0.717, 1.165) is 42.1 Å². The Morgan fingerprint density at radius 2 is 1.75 bits per heavy atom. The number of rotatable bonds is 6. The Hall–Kier alpha value is -3.46. The number of thiophene rings is 1. The minimum atomic E-state index is -0.779. The number of nitrogen functional groups attached to an aromatic ring is 1. The number of hydrogen-bond acceptors (Lipinski definition) is 6. The molecule has 3 saturated heterocycles. The van der Waals surface area contributed by atoms with Gasteiger partial charge in [-0.15, -0.1) is 17.8 Å². The number of benzene rings is 1. The van der Waals surface area contributed by atoms with Crippen LogP contribution in [0.1, 0.15) is 55.2 Å². The van der Waals surface area contributed by atoms with Crippen LogP contribution in [0.5, 0.6) is 0 Å². The third-order valence-corrected chi connectivity index (χ3v) is 10.8. The number of nitrogens with one attached hydrogen (secondary N) is 2. The average molecular weight is 638 g/mol. The molecule has 12 heteroatoms. The number of fused-ring (bicyclic) bond motifs is 1. The third kappa shape index (κ3) is 6.48. The maximum atomic E-state index is 14.0. The van der Waals surface area contributed by atoms with Gasteiger partial charge in [0.15, 0.2) is 0 Å². The van der Waals surface area contributed by atoms with Crippen molar-refractivity contribution in [1.82, 2.24) is 24.9 Å². The van der Waals surface area contributed by atoms with Gasteiger partial charge in [0.2, 0.25) is 5.91 Å². The fourth-order valence-electron chi connectivity index (χ4n) is 7.04. The monoisotopic (exact) mass is 637 g/mol. The number of carbonyl (C=O) groups is 3. The lowest BCUT2D eigenvalue weighted by molar-refractivity contribution is -0.134. The largest absolute Gasteiger partial charge is 0.397 e. The van der Waals surface area contributed by atoms with Gasteiger partial charge in [-0.3, -0.25) is 10.1 Å². The summed E-state index contributed by atoms with van der Waals surface area (Å²) in [5.74, 6) is 2.47. The molecule has 2 aromatic rings. The van der Waals surface area contributed by atoms with Crippen molar-refractivity contribution in [1.29, 1.82) is 0 Å². The van der Waals surface area contributed by atoms with E-state index in [9.17, 15) is 14.4 Å². The Balaban J connectivity index is 1.11. The number of urea groups is 2. The third-order valence-electron chi connectivity index (χ3n) is 9.57. The fourth-order valence-corrected chi connectivity index (χ4v) is 8.08. The number of nitrogens with zero attached hydrogens (tertiary/aromatic N) is 4. The van der Waals surface area contributed by atoms with Gasteiger partial charge in [0, 0.05) is 55.8 Å². The van der Waals surface area contributed by atoms with E-state index in [4.69, 9.17) is 23.8 Å². The molecule has 44 heavy (non-hydrogen) atoms. The first kappa shape index (κ1) is 30.6. The van der Waals surface area contributed by atoms with E-state index >= 15 is 0 Å². The van der Waals surface area contributed by atoms with Gasteiger partial charge in [0.1, 0.15) is 11.0 Å². The van der Waals surface area contributed by atoms with E-state index in [1.165, 1.54) is 24.2 Å². The summed E-state index contributed by atoms with van der Waals surface area (Å²) in [6.07, 6.45) is 11.6. The van der Waals surface area contributed by atoms with E-state index in [1.54, 1.807) is 17.0 Å². The summed E-state index contributed by atoms with van der Waals surface area (Å²) in [4.78, 5) is 48.4. The summed E-state index contributed by atoms with van der Waals surface area (Å²) >= 11 is 7.91. The Morgan fingerprint density at radius 3 is 2.45 bits per heavy atom. The molecule has 1 aromatic heterocycles. The molecule has 0 saturated carbocycles. The molecule has 5 amide bonds. The van der Waals surface area contributed by atoms with Crippen molar-refractivity contribution >= 4 is 51.6 Å². The second kappa shape index (κ2) is 13.3. The molecule has 4 N–H and O–H groups in total. The van der Waals surface area contributed by atoms with Crippen molar-refractivity contribution in [3.05, 3.63) is 45.3 Å². The summed E-state index contributed by atoms with van der Waals surface area (Å²) in [5, 5.41) is 9.27. The molecular formula is C32H40ClN7O3S. The van der Waals surface area contributed by atoms with Crippen LogP contribution in [0.4, 0.5) is 20.3 Å². The summed E-state index contributed by atoms with van der Waals surface area (Å²) in [5.41, 5.74) is 8.70. The molecule has 10 nitrogen and oxygen atoms in total. The molecule has 1 atom stereocenters. The number of hydrogen-bond donors (Lipinski definition) is 3. The van der Waals surface area contributed by atoms with E-state index in [1.807, 2.05) is 21.2 Å². The molecule has 0 radical (unpaired) electrons. The summed E-state index contributed by atoms with van der Waals surface area (Å²) in [7, 11) is 0. The zero-order chi connectivity index (χ0) is 30.8. The number of anilines is 2. The molecule has 4 aliphatic heterocycles. The maximum absolute atomic E-state index is 14.0. The molecule has 0 unspecified atom stereocenters. The van der Waals surface area contributed by atoms with Crippen LogP contribution in [0.3, 0.4) is 0 Å². The number of carbonyl (C=O) groups excluding carboxylic acids is 3. The first-order chi connectivity index (χ1) is 21.3. The van der Waals surface area contributed by atoms with Crippen LogP contribution in [0.2, 0.25) is 5.02 Å². The van der Waals surface area contributed by atoms with Crippen LogP contribution in [0.25, 0.3) is 0 Å². The number of piperidine rings is 2. The highest BCUT2D eigenvalue weighted by atomic mass is 35.5. The van der Waals surface area contributed by atoms with Gasteiger partial charge in [-0.25, -0.2) is 9.59 Å². The van der Waals surface area contributed by atoms with Crippen molar-refractivity contribution in [3.63, 3.8) is 0 Å². The molecule has 1 aromatic carbocycles. The quantitative estimate of drug-likeness (QED) is 0.325. The Morgan fingerprint density at radius 1 is 1.07 bits per heavy atom. The Bertz CT molecular complexity index is 1440. The van der Waals surface area contributed by atoms with E-state index in [-0.39, 0.29) is 30.4 Å². The number of nitrogens with two attached hydrogens (primary N) is 1. The van der Waals surface area contributed by atoms with Crippen LogP contribution < -0.4 is 16.4 Å². The van der Waals surface area contributed by atoms with Gasteiger partial charge >= 0.3 is 12.1 Å². The first-order valence-electron chi connectivity index (χ1n) is 15.6. The molecule has 0 bridgehead atoms. The standard InChI is InChI=1S/C32H40ClN7O3S/c1-2-22-17-21(18-26(33)28(22)34)19-27(30(41)38-12-5-24(6-13-38)37-10-3-4-11-37)35-31(42)39-14-7-25(8-15-39)40-20-23-9-16-44-29(23)36-32(40)43/h1,9,16-18,24-25,27H,3-8,10-15,19-20,34H2,(H,35,42)(H,36,43)/t27-/m1/s1. The molecule has 234 valence electrons. The van der Waals surface area contributed by atoms with Gasteiger partial charge < -0.3 is 30.7 Å². The summed E-state index contributed by atoms with van der Waals surface area (Å²) in [6, 6.07) is 4.94. The summed E-state index contributed by atoms with van der Waals surface area (Å²) < 4.78 is 0. The zero-order valence-corrected chi connectivity index (χ0v) is 26.5. The lowest BCUT2D eigenvalue weighted by Gasteiger charge is -2.40. The minimum Gasteiger partial charge on any atom is -0.397 e. The molecule has 0 aliphatic carbocycles. The second-order valence-corrected chi connectivity index (χ2v) is 13.6. The SMILES string of the molecule is C#Cc1cc(C[C@@H](NC(=O)N2CCC(N3Cc4ccsc4NC3=O)CC2)C(=O)N2CCC(N3CCCC3)CC2)cc(Cl)c1N. The lowest BCUT2D eigenvalue weighted by atomic mass is 9.99. The van der Waals surface area contributed by atoms with Gasteiger partial charge in [-0.05, 0) is 80.8 Å². The molecule has 5 heterocycles. The minimum absolute atomic E-state index is 0.0422. The van der Waals surface area contributed by atoms with Crippen LogP contribution >= 0.6 is 22.9 Å². The predicted molar refractivity (Wildman–Crippen MR) is 174 cm³/mol. The highest BCUT2D eigenvalue weighted by Gasteiger charge is 2.36. The molecule has 0 spiro atoms. The number of terminal acetylenes is 1. The van der Waals surface area contributed by atoms with Crippen molar-refractivity contribution < 1.29 is 14.4 Å². The van der Waals surface area contributed by atoms with Gasteiger partial charge in [-0.2, -0.15) is 0 Å². The van der Waals surface area contributed by atoms with Gasteiger partial charge in [0.05, 0.1) is 17.3 Å². The van der Waals surface area contributed by atoms with E-state index in [0.29, 0.717) is 67.9 Å². The highest BCUT2D eigenvalue weighted by Crippen LogP contribution is 2.32. The Kier molecular flexibility index (Phi) is 9.21. The van der Waals surface area contributed by atoms with Gasteiger partial charge in [-0.1, -0.05) is 17.5 Å². The summed E-state index contributed by atoms with van der Waals surface area (Å²) in [6.45, 7) is 5.18. The topological polar surface area (TPSA) is 114 Å². The number of likely N-dealkylation sites (tertiary alicyclic amines) is 3. The highest BCUT2D eigenvalue weighted by molar-refractivity contribution is 7.14. The lowest BCUT2D eigenvalue weighted by Crippen LogP contribution is -2.57. The van der Waals surface area contributed by atoms with Crippen LogP contribution in [0, 0.1) is 12.3 Å². The van der Waals surface area contributed by atoms with Crippen molar-refractivity contribution in [3.8, 4) is 12.3 Å². The smallest absolute Gasteiger partial charge is 0.323 e. The maximum Gasteiger partial charge on any atom is 0.323 e. The zero-order valence-electron chi connectivity index (χ0n) is 24.9. The average Bonchev–Trinajstić information content (AvgIpc) is 3.74. The fraction of sp³-hybridized carbons (Fsp3) is 0.531. The molecular weight excluding hydrogens is 598 g/mol. The van der Waals surface area contributed by atoms with Crippen LogP contribution in [0.15, 0.2) is 23.6 Å². The molecule has 6 rings (SSSR count). The number of halogens is 1. The van der Waals surface area contributed by atoms with Gasteiger partial charge in [0.25, 0.3) is 0 Å². The molecule has 3 fully saturated rings. The molecule has 4 aliphatic rings. The number of amides is 5. The Labute approximate surface area is 267 Å². The van der Waals surface area contributed by atoms with Crippen LogP contribution in [-0.4, -0.2) is 95.0 Å². The predicted octanol–water partition coefficient (Wildman–Crippen LogP) is 4.18. The normalized spacial score (nSPS) is 20.6. The van der Waals surface area contributed by atoms with E-state index < -0.39 is 6.04 Å². The van der Waals surface area contributed by atoms with Crippen molar-refractivity contribution in [2.75, 3.05) is 50.3 Å². The van der Waals surface area contributed by atoms with Crippen LogP contribution in [-0.2, 0) is 17.8 Å². The van der Waals surface area contributed by atoms with Crippen molar-refractivity contribution in [2.24, 2.45) is 0 Å².